The maximum atomic E-state index is 12.2. The fourth-order valence-corrected chi connectivity index (χ4v) is 3.31. The molecule has 0 aliphatic rings. The Hall–Kier alpha value is -1.65. The first-order valence-corrected chi connectivity index (χ1v) is 9.22. The van der Waals surface area contributed by atoms with Gasteiger partial charge in [0.25, 0.3) is 0 Å². The molecule has 2 aromatic rings. The molecule has 0 aromatic heterocycles. The molecule has 0 spiro atoms. The molecule has 4 heteroatoms. The van der Waals surface area contributed by atoms with E-state index in [0.29, 0.717) is 17.9 Å². The van der Waals surface area contributed by atoms with Crippen molar-refractivity contribution >= 4 is 10.0 Å². The van der Waals surface area contributed by atoms with Crippen molar-refractivity contribution in [1.82, 2.24) is 4.72 Å². The maximum absolute atomic E-state index is 12.2. The SMILES string of the molecule is CCCCc1ccc(S(=O)(=O)NCCc2ccccc2)cc1. The van der Waals surface area contributed by atoms with Crippen LogP contribution in [-0.4, -0.2) is 15.0 Å². The van der Waals surface area contributed by atoms with Crippen LogP contribution < -0.4 is 4.72 Å². The molecule has 3 nitrogen and oxygen atoms in total. The summed E-state index contributed by atoms with van der Waals surface area (Å²) in [5.41, 5.74) is 2.31. The van der Waals surface area contributed by atoms with Gasteiger partial charge in [-0.05, 0) is 42.5 Å². The first-order valence-electron chi connectivity index (χ1n) is 7.74. The number of hydrogen-bond donors (Lipinski definition) is 1. The van der Waals surface area contributed by atoms with Gasteiger partial charge in [-0.2, -0.15) is 0 Å². The van der Waals surface area contributed by atoms with Crippen LogP contribution in [0, 0.1) is 0 Å². The molecule has 0 fully saturated rings. The van der Waals surface area contributed by atoms with Gasteiger partial charge in [-0.15, -0.1) is 0 Å². The second-order valence-electron chi connectivity index (χ2n) is 5.38. The standard InChI is InChI=1S/C18H23NO2S/c1-2-3-7-17-10-12-18(13-11-17)22(20,21)19-15-14-16-8-5-4-6-9-16/h4-6,8-13,19H,2-3,7,14-15H2,1H3. The summed E-state index contributed by atoms with van der Waals surface area (Å²) in [5, 5.41) is 0. The second-order valence-corrected chi connectivity index (χ2v) is 7.15. The lowest BCUT2D eigenvalue weighted by Gasteiger charge is -2.08. The van der Waals surface area contributed by atoms with Crippen molar-refractivity contribution in [3.05, 3.63) is 65.7 Å². The van der Waals surface area contributed by atoms with Crippen molar-refractivity contribution in [1.29, 1.82) is 0 Å². The maximum Gasteiger partial charge on any atom is 0.240 e. The van der Waals surface area contributed by atoms with E-state index < -0.39 is 10.0 Å². The van der Waals surface area contributed by atoms with Gasteiger partial charge in [0.15, 0.2) is 0 Å². The fourth-order valence-electron chi connectivity index (χ4n) is 2.27. The van der Waals surface area contributed by atoms with E-state index >= 15 is 0 Å². The van der Waals surface area contributed by atoms with Crippen molar-refractivity contribution in [2.45, 2.75) is 37.5 Å². The lowest BCUT2D eigenvalue weighted by molar-refractivity contribution is 0.581. The van der Waals surface area contributed by atoms with Gasteiger partial charge in [0.2, 0.25) is 10.0 Å². The van der Waals surface area contributed by atoms with Crippen LogP contribution in [0.5, 0.6) is 0 Å². The van der Waals surface area contributed by atoms with E-state index in [1.165, 1.54) is 5.56 Å². The zero-order chi connectivity index (χ0) is 15.8. The lowest BCUT2D eigenvalue weighted by Crippen LogP contribution is -2.26. The van der Waals surface area contributed by atoms with Crippen LogP contribution in [0.15, 0.2) is 59.5 Å². The highest BCUT2D eigenvalue weighted by Gasteiger charge is 2.12. The normalized spacial score (nSPS) is 11.5. The van der Waals surface area contributed by atoms with Crippen LogP contribution in [0.1, 0.15) is 30.9 Å². The van der Waals surface area contributed by atoms with E-state index in [1.807, 2.05) is 42.5 Å². The summed E-state index contributed by atoms with van der Waals surface area (Å²) in [6, 6.07) is 17.0. The Balaban J connectivity index is 1.92. The number of aryl methyl sites for hydroxylation is 1. The van der Waals surface area contributed by atoms with Crippen molar-refractivity contribution < 1.29 is 8.42 Å². The summed E-state index contributed by atoms with van der Waals surface area (Å²) < 4.78 is 27.1. The van der Waals surface area contributed by atoms with Crippen LogP contribution in [-0.2, 0) is 22.9 Å². The zero-order valence-electron chi connectivity index (χ0n) is 13.0. The quantitative estimate of drug-likeness (QED) is 0.809. The molecule has 0 atom stereocenters. The molecule has 0 saturated heterocycles. The molecule has 0 heterocycles. The molecule has 0 bridgehead atoms. The topological polar surface area (TPSA) is 46.2 Å². The lowest BCUT2D eigenvalue weighted by atomic mass is 10.1. The van der Waals surface area contributed by atoms with Crippen LogP contribution in [0.4, 0.5) is 0 Å². The molecule has 0 unspecified atom stereocenters. The average molecular weight is 317 g/mol. The Morgan fingerprint density at radius 3 is 2.14 bits per heavy atom. The minimum Gasteiger partial charge on any atom is -0.211 e. The number of unbranched alkanes of at least 4 members (excludes halogenated alkanes) is 1. The molecule has 22 heavy (non-hydrogen) atoms. The predicted octanol–water partition coefficient (Wildman–Crippen LogP) is 3.55. The van der Waals surface area contributed by atoms with Crippen molar-refractivity contribution in [2.75, 3.05) is 6.54 Å². The smallest absolute Gasteiger partial charge is 0.211 e. The van der Waals surface area contributed by atoms with E-state index in [2.05, 4.69) is 11.6 Å². The summed E-state index contributed by atoms with van der Waals surface area (Å²) in [6.45, 7) is 2.55. The van der Waals surface area contributed by atoms with Gasteiger partial charge < -0.3 is 0 Å². The number of benzene rings is 2. The van der Waals surface area contributed by atoms with Crippen molar-refractivity contribution in [2.24, 2.45) is 0 Å². The Bertz CT molecular complexity index is 664. The largest absolute Gasteiger partial charge is 0.240 e. The molecule has 118 valence electrons. The summed E-state index contributed by atoms with van der Waals surface area (Å²) in [7, 11) is -3.42. The van der Waals surface area contributed by atoms with Crippen LogP contribution >= 0.6 is 0 Å². The molecule has 0 aliphatic heterocycles. The molecule has 0 saturated carbocycles. The first-order chi connectivity index (χ1) is 10.6. The zero-order valence-corrected chi connectivity index (χ0v) is 13.8. The summed E-state index contributed by atoms with van der Waals surface area (Å²) in [6.07, 6.45) is 3.95. The monoisotopic (exact) mass is 317 g/mol. The van der Waals surface area contributed by atoms with Crippen LogP contribution in [0.3, 0.4) is 0 Å². The summed E-state index contributed by atoms with van der Waals surface area (Å²) in [4.78, 5) is 0.334. The molecule has 0 aliphatic carbocycles. The van der Waals surface area contributed by atoms with Gasteiger partial charge in [0, 0.05) is 6.54 Å². The van der Waals surface area contributed by atoms with Crippen molar-refractivity contribution in [3.63, 3.8) is 0 Å². The highest BCUT2D eigenvalue weighted by molar-refractivity contribution is 7.89. The molecule has 2 aromatic carbocycles. The highest BCUT2D eigenvalue weighted by Crippen LogP contribution is 2.12. The minimum atomic E-state index is -3.42. The third kappa shape index (κ3) is 4.97. The Morgan fingerprint density at radius 1 is 0.864 bits per heavy atom. The van der Waals surface area contributed by atoms with Gasteiger partial charge >= 0.3 is 0 Å². The highest BCUT2D eigenvalue weighted by atomic mass is 32.2. The molecule has 0 radical (unpaired) electrons. The molecule has 0 amide bonds. The molecular weight excluding hydrogens is 294 g/mol. The minimum absolute atomic E-state index is 0.334. The molecule has 1 N–H and O–H groups in total. The molecular formula is C18H23NO2S. The van der Waals surface area contributed by atoms with Gasteiger partial charge in [0.1, 0.15) is 0 Å². The number of hydrogen-bond acceptors (Lipinski definition) is 2. The van der Waals surface area contributed by atoms with Crippen LogP contribution in [0.2, 0.25) is 0 Å². The fraction of sp³-hybridized carbons (Fsp3) is 0.333. The third-order valence-electron chi connectivity index (χ3n) is 3.60. The van der Waals surface area contributed by atoms with Crippen molar-refractivity contribution in [3.8, 4) is 0 Å². The van der Waals surface area contributed by atoms with E-state index in [0.717, 1.165) is 24.8 Å². The van der Waals surface area contributed by atoms with Gasteiger partial charge in [-0.25, -0.2) is 13.1 Å². The van der Waals surface area contributed by atoms with E-state index in [9.17, 15) is 8.42 Å². The second kappa shape index (κ2) is 8.11. The first kappa shape index (κ1) is 16.7. The Morgan fingerprint density at radius 2 is 1.50 bits per heavy atom. The van der Waals surface area contributed by atoms with Gasteiger partial charge in [-0.1, -0.05) is 55.8 Å². The summed E-state index contributed by atoms with van der Waals surface area (Å²) in [5.74, 6) is 0. The molecule has 2 rings (SSSR count). The van der Waals surface area contributed by atoms with Gasteiger partial charge in [-0.3, -0.25) is 0 Å². The Kier molecular flexibility index (Phi) is 6.16. The third-order valence-corrected chi connectivity index (χ3v) is 5.08. The average Bonchev–Trinajstić information content (AvgIpc) is 2.54. The van der Waals surface area contributed by atoms with E-state index in [1.54, 1.807) is 12.1 Å². The predicted molar refractivity (Wildman–Crippen MR) is 90.4 cm³/mol. The number of nitrogens with one attached hydrogen (secondary N) is 1. The summed E-state index contributed by atoms with van der Waals surface area (Å²) >= 11 is 0. The van der Waals surface area contributed by atoms with Gasteiger partial charge in [0.05, 0.1) is 4.90 Å². The van der Waals surface area contributed by atoms with Crippen LogP contribution in [0.25, 0.3) is 0 Å². The van der Waals surface area contributed by atoms with E-state index in [4.69, 9.17) is 0 Å². The Labute approximate surface area is 133 Å². The van der Waals surface area contributed by atoms with E-state index in [-0.39, 0.29) is 0 Å². The number of sulfonamides is 1. The number of rotatable bonds is 8.